The van der Waals surface area contributed by atoms with E-state index in [-0.39, 0.29) is 12.1 Å². The highest BCUT2D eigenvalue weighted by atomic mass is 16.5. The number of esters is 1. The molecule has 2 aromatic rings. The Kier molecular flexibility index (Phi) is 8.49. The lowest BCUT2D eigenvalue weighted by Gasteiger charge is -2.32. The van der Waals surface area contributed by atoms with E-state index in [1.807, 2.05) is 31.5 Å². The average Bonchev–Trinajstić information content (AvgIpc) is 3.32. The van der Waals surface area contributed by atoms with Crippen LogP contribution in [0.3, 0.4) is 0 Å². The Labute approximate surface area is 215 Å². The van der Waals surface area contributed by atoms with Crippen molar-refractivity contribution in [3.05, 3.63) is 53.5 Å². The summed E-state index contributed by atoms with van der Waals surface area (Å²) in [4.78, 5) is 24.5. The molecular formula is C29H40N4O3. The fraction of sp³-hybridized carbons (Fsp3) is 0.621. The molecule has 7 heteroatoms. The maximum absolute atomic E-state index is 13.1. The Balaban J connectivity index is 1.10. The van der Waals surface area contributed by atoms with Crippen LogP contribution >= 0.6 is 0 Å². The lowest BCUT2D eigenvalue weighted by Crippen LogP contribution is -2.36. The van der Waals surface area contributed by atoms with E-state index >= 15 is 0 Å². The minimum absolute atomic E-state index is 0.162. The molecule has 3 unspecified atom stereocenters. The first-order valence-electron chi connectivity index (χ1n) is 13.9. The van der Waals surface area contributed by atoms with Crippen LogP contribution in [0.1, 0.15) is 87.1 Å². The molecule has 36 heavy (non-hydrogen) atoms. The topological polar surface area (TPSA) is 76.6 Å². The van der Waals surface area contributed by atoms with Crippen LogP contribution in [0.15, 0.2) is 36.7 Å². The van der Waals surface area contributed by atoms with Crippen LogP contribution in [-0.4, -0.2) is 59.3 Å². The number of carbonyl (C=O) groups is 1. The standard InChI is InChI=1S/C29H40N4O3/c1-2-35-29(34)27(25-12-7-16-30-26(25)21-8-5-9-21)33-18-15-24(20-33)36-19-4-3-11-23-14-13-22-10-6-17-31-28(22)32-23/h6-7,10,12,16-17,21,23-24,27H,2-5,8-9,11,13-15,18-20H2,1H3,(H,31,32). The van der Waals surface area contributed by atoms with Gasteiger partial charge in [-0.3, -0.25) is 9.88 Å². The van der Waals surface area contributed by atoms with Crippen LogP contribution in [0.4, 0.5) is 5.82 Å². The van der Waals surface area contributed by atoms with E-state index < -0.39 is 6.04 Å². The molecule has 4 heterocycles. The van der Waals surface area contributed by atoms with E-state index in [0.29, 0.717) is 18.6 Å². The minimum Gasteiger partial charge on any atom is -0.465 e. The average molecular weight is 493 g/mol. The van der Waals surface area contributed by atoms with Crippen LogP contribution in [0.25, 0.3) is 0 Å². The van der Waals surface area contributed by atoms with Gasteiger partial charge in [0, 0.05) is 55.3 Å². The van der Waals surface area contributed by atoms with Crippen molar-refractivity contribution in [3.63, 3.8) is 0 Å². The Morgan fingerprint density at radius 3 is 2.83 bits per heavy atom. The van der Waals surface area contributed by atoms with Crippen LogP contribution in [0, 0.1) is 0 Å². The van der Waals surface area contributed by atoms with Gasteiger partial charge in [-0.25, -0.2) is 9.78 Å². The Bertz CT molecular complexity index is 1010. The van der Waals surface area contributed by atoms with Crippen molar-refractivity contribution in [2.24, 2.45) is 0 Å². The normalized spacial score (nSPS) is 22.9. The number of nitrogens with zero attached hydrogens (tertiary/aromatic N) is 3. The van der Waals surface area contributed by atoms with E-state index in [1.54, 1.807) is 0 Å². The molecule has 5 rings (SSSR count). The number of nitrogens with one attached hydrogen (secondary N) is 1. The molecule has 3 atom stereocenters. The molecule has 2 aliphatic heterocycles. The minimum atomic E-state index is -0.392. The van der Waals surface area contributed by atoms with Gasteiger partial charge >= 0.3 is 5.97 Å². The first-order chi connectivity index (χ1) is 17.7. The highest BCUT2D eigenvalue weighted by molar-refractivity contribution is 5.78. The van der Waals surface area contributed by atoms with Gasteiger partial charge in [-0.2, -0.15) is 0 Å². The number of unbranched alkanes of at least 4 members (excludes halogenated alkanes) is 1. The number of ether oxygens (including phenoxy) is 2. The van der Waals surface area contributed by atoms with Crippen LogP contribution in [0.5, 0.6) is 0 Å². The van der Waals surface area contributed by atoms with Crippen molar-refractivity contribution in [3.8, 4) is 0 Å². The number of hydrogen-bond acceptors (Lipinski definition) is 7. The number of carbonyl (C=O) groups excluding carboxylic acids is 1. The van der Waals surface area contributed by atoms with Crippen LogP contribution in [0.2, 0.25) is 0 Å². The molecular weight excluding hydrogens is 452 g/mol. The maximum Gasteiger partial charge on any atom is 0.328 e. The third-order valence-electron chi connectivity index (χ3n) is 8.00. The predicted molar refractivity (Wildman–Crippen MR) is 140 cm³/mol. The van der Waals surface area contributed by atoms with Crippen LogP contribution in [-0.2, 0) is 20.7 Å². The monoisotopic (exact) mass is 492 g/mol. The lowest BCUT2D eigenvalue weighted by atomic mass is 9.80. The number of anilines is 1. The summed E-state index contributed by atoms with van der Waals surface area (Å²) >= 11 is 0. The van der Waals surface area contributed by atoms with Crippen molar-refractivity contribution >= 4 is 11.8 Å². The molecule has 0 bridgehead atoms. The second-order valence-corrected chi connectivity index (χ2v) is 10.4. The van der Waals surface area contributed by atoms with Gasteiger partial charge in [0.15, 0.2) is 0 Å². The fourth-order valence-corrected chi connectivity index (χ4v) is 5.83. The van der Waals surface area contributed by atoms with E-state index in [4.69, 9.17) is 14.5 Å². The van der Waals surface area contributed by atoms with Gasteiger partial charge in [-0.15, -0.1) is 0 Å². The molecule has 0 radical (unpaired) electrons. The highest BCUT2D eigenvalue weighted by Gasteiger charge is 2.38. The number of aryl methyl sites for hydroxylation is 1. The largest absolute Gasteiger partial charge is 0.465 e. The summed E-state index contributed by atoms with van der Waals surface area (Å²) in [5.74, 6) is 1.36. The number of aromatic nitrogens is 2. The summed E-state index contributed by atoms with van der Waals surface area (Å²) < 4.78 is 11.8. The van der Waals surface area contributed by atoms with E-state index in [2.05, 4.69) is 27.3 Å². The van der Waals surface area contributed by atoms with Crippen LogP contribution < -0.4 is 5.32 Å². The zero-order valence-corrected chi connectivity index (χ0v) is 21.5. The Hall–Kier alpha value is -2.51. The van der Waals surface area contributed by atoms with Crippen molar-refractivity contribution in [2.75, 3.05) is 31.6 Å². The summed E-state index contributed by atoms with van der Waals surface area (Å²) in [5, 5.41) is 3.60. The number of hydrogen-bond donors (Lipinski definition) is 1. The molecule has 1 saturated carbocycles. The third-order valence-corrected chi connectivity index (χ3v) is 8.00. The molecule has 1 saturated heterocycles. The molecule has 7 nitrogen and oxygen atoms in total. The fourth-order valence-electron chi connectivity index (χ4n) is 5.83. The van der Waals surface area contributed by atoms with Gasteiger partial charge in [0.2, 0.25) is 0 Å². The number of fused-ring (bicyclic) bond motifs is 1. The van der Waals surface area contributed by atoms with Crippen molar-refractivity contribution < 1.29 is 14.3 Å². The van der Waals surface area contributed by atoms with Gasteiger partial charge in [-0.05, 0) is 76.0 Å². The molecule has 2 fully saturated rings. The molecule has 1 N–H and O–H groups in total. The quantitative estimate of drug-likeness (QED) is 0.348. The summed E-state index contributed by atoms with van der Waals surface area (Å²) in [5.41, 5.74) is 3.44. The number of pyridine rings is 2. The summed E-state index contributed by atoms with van der Waals surface area (Å²) in [6.07, 6.45) is 14.0. The summed E-state index contributed by atoms with van der Waals surface area (Å²) in [7, 11) is 0. The van der Waals surface area contributed by atoms with Crippen molar-refractivity contribution in [2.45, 2.75) is 88.8 Å². The molecule has 0 amide bonds. The summed E-state index contributed by atoms with van der Waals surface area (Å²) in [6.45, 7) is 4.63. The molecule has 3 aliphatic rings. The van der Waals surface area contributed by atoms with E-state index in [0.717, 1.165) is 81.7 Å². The Morgan fingerprint density at radius 2 is 2.00 bits per heavy atom. The first kappa shape index (κ1) is 25.2. The van der Waals surface area contributed by atoms with E-state index in [1.165, 1.54) is 18.4 Å². The van der Waals surface area contributed by atoms with Gasteiger partial charge in [-0.1, -0.05) is 18.6 Å². The SMILES string of the molecule is CCOC(=O)C(c1cccnc1C1CCC1)N1CCC(OCCCCC2CCc3cccnc3N2)C1. The van der Waals surface area contributed by atoms with E-state index in [9.17, 15) is 4.79 Å². The number of rotatable bonds is 11. The lowest BCUT2D eigenvalue weighted by molar-refractivity contribution is -0.149. The van der Waals surface area contributed by atoms with Crippen molar-refractivity contribution in [1.82, 2.24) is 14.9 Å². The van der Waals surface area contributed by atoms with Crippen molar-refractivity contribution in [1.29, 1.82) is 0 Å². The van der Waals surface area contributed by atoms with Gasteiger partial charge in [0.1, 0.15) is 11.9 Å². The second-order valence-electron chi connectivity index (χ2n) is 10.4. The molecule has 0 spiro atoms. The smallest absolute Gasteiger partial charge is 0.328 e. The molecule has 1 aliphatic carbocycles. The Morgan fingerprint density at radius 1 is 1.14 bits per heavy atom. The summed E-state index contributed by atoms with van der Waals surface area (Å²) in [6, 6.07) is 8.31. The zero-order chi connectivity index (χ0) is 24.7. The highest BCUT2D eigenvalue weighted by Crippen LogP contribution is 2.40. The second kappa shape index (κ2) is 12.2. The maximum atomic E-state index is 13.1. The predicted octanol–water partition coefficient (Wildman–Crippen LogP) is 5.04. The molecule has 0 aromatic carbocycles. The first-order valence-corrected chi connectivity index (χ1v) is 13.9. The molecule has 194 valence electrons. The van der Waals surface area contributed by atoms with Gasteiger partial charge in [0.25, 0.3) is 0 Å². The van der Waals surface area contributed by atoms with Gasteiger partial charge in [0.05, 0.1) is 12.7 Å². The third kappa shape index (κ3) is 5.89. The zero-order valence-electron chi connectivity index (χ0n) is 21.5. The molecule has 2 aromatic heterocycles. The van der Waals surface area contributed by atoms with Gasteiger partial charge < -0.3 is 14.8 Å². The number of likely N-dealkylation sites (tertiary alicyclic amines) is 1.